The zero-order valence-electron chi connectivity index (χ0n) is 13.4. The molecule has 1 heterocycles. The molecule has 2 N–H and O–H groups in total. The van der Waals surface area contributed by atoms with Crippen LogP contribution in [0.4, 0.5) is 0 Å². The summed E-state index contributed by atoms with van der Waals surface area (Å²) in [5.74, 6) is 0.922. The van der Waals surface area contributed by atoms with E-state index in [-0.39, 0.29) is 11.6 Å². The SMILES string of the molecule is Cc1ccc2oc(C(N)C3(N(C)C)CCCCC3)cc2c1. The second-order valence-electron chi connectivity index (χ2n) is 6.73. The van der Waals surface area contributed by atoms with Gasteiger partial charge in [0.25, 0.3) is 0 Å². The maximum atomic E-state index is 6.67. The number of nitrogens with two attached hydrogens (primary N) is 1. The molecule has 1 aliphatic rings. The molecule has 1 aromatic heterocycles. The largest absolute Gasteiger partial charge is 0.459 e. The summed E-state index contributed by atoms with van der Waals surface area (Å²) < 4.78 is 6.06. The number of rotatable bonds is 3. The predicted octanol–water partition coefficient (Wildman–Crippen LogP) is 4.01. The summed E-state index contributed by atoms with van der Waals surface area (Å²) >= 11 is 0. The van der Waals surface area contributed by atoms with Gasteiger partial charge in [-0.05, 0) is 52.1 Å². The van der Waals surface area contributed by atoms with Crippen LogP contribution in [0.15, 0.2) is 28.7 Å². The van der Waals surface area contributed by atoms with Crippen LogP contribution in [0.2, 0.25) is 0 Å². The Hall–Kier alpha value is -1.32. The molecule has 0 aliphatic heterocycles. The van der Waals surface area contributed by atoms with Crippen LogP contribution in [0, 0.1) is 6.92 Å². The second kappa shape index (κ2) is 5.47. The van der Waals surface area contributed by atoms with Crippen molar-refractivity contribution in [1.29, 1.82) is 0 Å². The highest BCUT2D eigenvalue weighted by atomic mass is 16.3. The molecule has 1 aliphatic carbocycles. The van der Waals surface area contributed by atoms with Crippen molar-refractivity contribution in [2.24, 2.45) is 5.73 Å². The monoisotopic (exact) mass is 286 g/mol. The van der Waals surface area contributed by atoms with Gasteiger partial charge >= 0.3 is 0 Å². The van der Waals surface area contributed by atoms with Gasteiger partial charge in [-0.15, -0.1) is 0 Å². The van der Waals surface area contributed by atoms with Gasteiger partial charge in [-0.25, -0.2) is 0 Å². The van der Waals surface area contributed by atoms with Crippen LogP contribution < -0.4 is 5.73 Å². The first-order valence-corrected chi connectivity index (χ1v) is 7.96. The zero-order valence-corrected chi connectivity index (χ0v) is 13.4. The molecule has 3 nitrogen and oxygen atoms in total. The van der Waals surface area contributed by atoms with E-state index in [0.29, 0.717) is 0 Å². The minimum atomic E-state index is -0.0690. The third-order valence-electron chi connectivity index (χ3n) is 5.19. The predicted molar refractivity (Wildman–Crippen MR) is 87.4 cm³/mol. The van der Waals surface area contributed by atoms with E-state index in [1.54, 1.807) is 0 Å². The van der Waals surface area contributed by atoms with Crippen LogP contribution in [0.25, 0.3) is 11.0 Å². The Balaban J connectivity index is 1.99. The van der Waals surface area contributed by atoms with Gasteiger partial charge in [0.05, 0.1) is 6.04 Å². The molecular weight excluding hydrogens is 260 g/mol. The van der Waals surface area contributed by atoms with Crippen molar-refractivity contribution in [2.75, 3.05) is 14.1 Å². The van der Waals surface area contributed by atoms with Gasteiger partial charge in [0, 0.05) is 10.9 Å². The smallest absolute Gasteiger partial charge is 0.134 e. The second-order valence-corrected chi connectivity index (χ2v) is 6.73. The Morgan fingerprint density at radius 1 is 1.14 bits per heavy atom. The summed E-state index contributed by atoms with van der Waals surface area (Å²) in [6, 6.07) is 8.36. The van der Waals surface area contributed by atoms with E-state index in [1.807, 2.05) is 6.07 Å². The van der Waals surface area contributed by atoms with Crippen LogP contribution >= 0.6 is 0 Å². The molecule has 0 amide bonds. The van der Waals surface area contributed by atoms with Crippen LogP contribution in [0.3, 0.4) is 0 Å². The number of aryl methyl sites for hydroxylation is 1. The molecule has 1 fully saturated rings. The summed E-state index contributed by atoms with van der Waals surface area (Å²) in [7, 11) is 4.30. The quantitative estimate of drug-likeness (QED) is 0.927. The Labute approximate surface area is 127 Å². The first-order valence-electron chi connectivity index (χ1n) is 7.96. The van der Waals surface area contributed by atoms with E-state index < -0.39 is 0 Å². The standard InChI is InChI=1S/C18H26N2O/c1-13-7-8-15-14(11-13)12-16(21-15)17(19)18(20(2)3)9-5-4-6-10-18/h7-8,11-12,17H,4-6,9-10,19H2,1-3H3. The highest BCUT2D eigenvalue weighted by molar-refractivity contribution is 5.78. The zero-order chi connectivity index (χ0) is 15.0. The lowest BCUT2D eigenvalue weighted by Gasteiger charge is -2.46. The van der Waals surface area contributed by atoms with Crippen molar-refractivity contribution >= 4 is 11.0 Å². The fourth-order valence-electron chi connectivity index (χ4n) is 3.80. The first kappa shape index (κ1) is 14.6. The van der Waals surface area contributed by atoms with E-state index in [0.717, 1.165) is 29.6 Å². The number of furan rings is 1. The molecule has 1 saturated carbocycles. The Bertz CT molecular complexity index is 623. The number of hydrogen-bond donors (Lipinski definition) is 1. The Morgan fingerprint density at radius 3 is 2.52 bits per heavy atom. The number of nitrogens with zero attached hydrogens (tertiary/aromatic N) is 1. The van der Waals surface area contributed by atoms with Crippen LogP contribution in [0.5, 0.6) is 0 Å². The average Bonchev–Trinajstić information content (AvgIpc) is 2.89. The van der Waals surface area contributed by atoms with Gasteiger partial charge in [-0.3, -0.25) is 0 Å². The summed E-state index contributed by atoms with van der Waals surface area (Å²) in [5.41, 5.74) is 8.89. The molecule has 114 valence electrons. The van der Waals surface area contributed by atoms with E-state index in [2.05, 4.69) is 44.1 Å². The van der Waals surface area contributed by atoms with Gasteiger partial charge in [0.2, 0.25) is 0 Å². The molecule has 0 saturated heterocycles. The molecule has 21 heavy (non-hydrogen) atoms. The van der Waals surface area contributed by atoms with E-state index in [1.165, 1.54) is 24.8 Å². The van der Waals surface area contributed by atoms with Gasteiger partial charge < -0.3 is 15.1 Å². The van der Waals surface area contributed by atoms with Crippen molar-refractivity contribution in [1.82, 2.24) is 4.90 Å². The average molecular weight is 286 g/mol. The van der Waals surface area contributed by atoms with Gasteiger partial charge in [0.1, 0.15) is 11.3 Å². The van der Waals surface area contributed by atoms with Gasteiger partial charge in [0.15, 0.2) is 0 Å². The third-order valence-corrected chi connectivity index (χ3v) is 5.19. The topological polar surface area (TPSA) is 42.4 Å². The number of hydrogen-bond acceptors (Lipinski definition) is 3. The Kier molecular flexibility index (Phi) is 3.80. The van der Waals surface area contributed by atoms with Crippen LogP contribution in [-0.2, 0) is 0 Å². The minimum absolute atomic E-state index is 0.0289. The normalized spacial score (nSPS) is 20.0. The lowest BCUT2D eigenvalue weighted by molar-refractivity contribution is 0.0641. The van der Waals surface area contributed by atoms with Gasteiger partial charge in [-0.2, -0.15) is 0 Å². The van der Waals surface area contributed by atoms with Crippen molar-refractivity contribution in [3.05, 3.63) is 35.6 Å². The summed E-state index contributed by atoms with van der Waals surface area (Å²) in [5, 5.41) is 1.16. The highest BCUT2D eigenvalue weighted by Crippen LogP contribution is 2.41. The molecule has 0 spiro atoms. The van der Waals surface area contributed by atoms with E-state index in [4.69, 9.17) is 10.2 Å². The third kappa shape index (κ3) is 2.49. The van der Waals surface area contributed by atoms with E-state index >= 15 is 0 Å². The van der Waals surface area contributed by atoms with Crippen LogP contribution in [-0.4, -0.2) is 24.5 Å². The maximum Gasteiger partial charge on any atom is 0.134 e. The summed E-state index contributed by atoms with van der Waals surface area (Å²) in [4.78, 5) is 2.31. The molecule has 0 bridgehead atoms. The Morgan fingerprint density at radius 2 is 1.86 bits per heavy atom. The molecule has 2 aromatic rings. The molecule has 1 unspecified atom stereocenters. The first-order chi connectivity index (χ1) is 10.0. The van der Waals surface area contributed by atoms with Crippen molar-refractivity contribution in [3.63, 3.8) is 0 Å². The molecule has 3 rings (SSSR count). The van der Waals surface area contributed by atoms with Crippen LogP contribution in [0.1, 0.15) is 49.5 Å². The molecule has 1 aromatic carbocycles. The van der Waals surface area contributed by atoms with Gasteiger partial charge in [-0.1, -0.05) is 30.9 Å². The summed E-state index contributed by atoms with van der Waals surface area (Å²) in [6.07, 6.45) is 6.13. The lowest BCUT2D eigenvalue weighted by atomic mass is 9.75. The molecular formula is C18H26N2O. The molecule has 1 atom stereocenters. The lowest BCUT2D eigenvalue weighted by Crippen LogP contribution is -2.53. The molecule has 3 heteroatoms. The maximum absolute atomic E-state index is 6.67. The number of benzene rings is 1. The fraction of sp³-hybridized carbons (Fsp3) is 0.556. The summed E-state index contributed by atoms with van der Waals surface area (Å²) in [6.45, 7) is 2.11. The molecule has 0 radical (unpaired) electrons. The van der Waals surface area contributed by atoms with Crippen molar-refractivity contribution in [2.45, 2.75) is 50.6 Å². The minimum Gasteiger partial charge on any atom is -0.459 e. The van der Waals surface area contributed by atoms with Crippen molar-refractivity contribution in [3.8, 4) is 0 Å². The van der Waals surface area contributed by atoms with E-state index in [9.17, 15) is 0 Å². The van der Waals surface area contributed by atoms with Crippen molar-refractivity contribution < 1.29 is 4.42 Å². The number of fused-ring (bicyclic) bond motifs is 1. The fourth-order valence-corrected chi connectivity index (χ4v) is 3.80. The number of likely N-dealkylation sites (N-methyl/N-ethyl adjacent to an activating group) is 1. The highest BCUT2D eigenvalue weighted by Gasteiger charge is 2.42.